The van der Waals surface area contributed by atoms with Gasteiger partial charge in [-0.2, -0.15) is 0 Å². The van der Waals surface area contributed by atoms with Crippen molar-refractivity contribution in [2.75, 3.05) is 12.4 Å². The highest BCUT2D eigenvalue weighted by molar-refractivity contribution is 9.10. The molecule has 14 heavy (non-hydrogen) atoms. The van der Waals surface area contributed by atoms with E-state index in [9.17, 15) is 13.6 Å². The van der Waals surface area contributed by atoms with E-state index < -0.39 is 17.7 Å². The number of carbonyl (C=O) groups excluding carboxylic acids is 1. The van der Waals surface area contributed by atoms with Gasteiger partial charge in [-0.3, -0.25) is 5.32 Å². The number of hydrogen-bond donors (Lipinski definition) is 1. The van der Waals surface area contributed by atoms with Crippen molar-refractivity contribution in [3.8, 4) is 0 Å². The maximum atomic E-state index is 13.1. The van der Waals surface area contributed by atoms with Gasteiger partial charge in [0.05, 0.1) is 17.3 Å². The van der Waals surface area contributed by atoms with Crippen LogP contribution >= 0.6 is 15.9 Å². The van der Waals surface area contributed by atoms with E-state index in [0.717, 1.165) is 19.2 Å². The van der Waals surface area contributed by atoms with Crippen LogP contribution < -0.4 is 5.32 Å². The molecule has 0 heterocycles. The number of benzene rings is 1. The summed E-state index contributed by atoms with van der Waals surface area (Å²) in [5.74, 6) is -1.42. The molecule has 3 nitrogen and oxygen atoms in total. The van der Waals surface area contributed by atoms with Gasteiger partial charge < -0.3 is 4.74 Å². The van der Waals surface area contributed by atoms with Gasteiger partial charge in [-0.15, -0.1) is 0 Å². The van der Waals surface area contributed by atoms with E-state index in [2.05, 4.69) is 20.7 Å². The maximum Gasteiger partial charge on any atom is 0.411 e. The fourth-order valence-corrected chi connectivity index (χ4v) is 1.09. The van der Waals surface area contributed by atoms with Gasteiger partial charge in [0, 0.05) is 6.07 Å². The molecule has 1 rings (SSSR count). The summed E-state index contributed by atoms with van der Waals surface area (Å²) in [6, 6.07) is 1.77. The first-order valence-electron chi connectivity index (χ1n) is 3.54. The van der Waals surface area contributed by atoms with Gasteiger partial charge in [0.2, 0.25) is 0 Å². The zero-order valence-corrected chi connectivity index (χ0v) is 8.69. The van der Waals surface area contributed by atoms with Crippen molar-refractivity contribution in [3.05, 3.63) is 28.2 Å². The molecular weight excluding hydrogens is 260 g/mol. The normalized spacial score (nSPS) is 9.71. The van der Waals surface area contributed by atoms with Crippen molar-refractivity contribution in [1.82, 2.24) is 0 Å². The Hall–Kier alpha value is -1.17. The lowest BCUT2D eigenvalue weighted by molar-refractivity contribution is 0.187. The molecule has 76 valence electrons. The van der Waals surface area contributed by atoms with Crippen LogP contribution in [0.3, 0.4) is 0 Å². The molecule has 0 atom stereocenters. The highest BCUT2D eigenvalue weighted by Gasteiger charge is 2.10. The Labute approximate surface area is 87.2 Å². The summed E-state index contributed by atoms with van der Waals surface area (Å²) < 4.78 is 30.2. The van der Waals surface area contributed by atoms with E-state index in [1.54, 1.807) is 0 Å². The third-order valence-electron chi connectivity index (χ3n) is 1.43. The van der Waals surface area contributed by atoms with Crippen LogP contribution in [-0.4, -0.2) is 13.2 Å². The standard InChI is InChI=1S/C8H6BrF2NO2/c1-14-8(13)12-7-3-5(10)4(9)2-6(7)11/h2-3H,1H3,(H,12,13). The molecule has 0 saturated carbocycles. The number of hydrogen-bond acceptors (Lipinski definition) is 2. The number of halogens is 3. The van der Waals surface area contributed by atoms with Crippen LogP contribution in [0.5, 0.6) is 0 Å². The largest absolute Gasteiger partial charge is 0.453 e. The van der Waals surface area contributed by atoms with Gasteiger partial charge in [-0.05, 0) is 22.0 Å². The lowest BCUT2D eigenvalue weighted by Gasteiger charge is -2.05. The van der Waals surface area contributed by atoms with Crippen LogP contribution in [0, 0.1) is 11.6 Å². The summed E-state index contributed by atoms with van der Waals surface area (Å²) in [4.78, 5) is 10.7. The van der Waals surface area contributed by atoms with Gasteiger partial charge in [-0.25, -0.2) is 13.6 Å². The second kappa shape index (κ2) is 4.36. The van der Waals surface area contributed by atoms with E-state index in [-0.39, 0.29) is 10.2 Å². The first-order valence-corrected chi connectivity index (χ1v) is 4.33. The smallest absolute Gasteiger partial charge is 0.411 e. The summed E-state index contributed by atoms with van der Waals surface area (Å²) in [7, 11) is 1.13. The molecule has 1 aromatic carbocycles. The Bertz CT molecular complexity index is 371. The summed E-state index contributed by atoms with van der Waals surface area (Å²) in [6.45, 7) is 0. The molecule has 0 bridgehead atoms. The summed E-state index contributed by atoms with van der Waals surface area (Å²) in [5.41, 5.74) is -0.266. The monoisotopic (exact) mass is 265 g/mol. The van der Waals surface area contributed by atoms with Crippen molar-refractivity contribution >= 4 is 27.7 Å². The average molecular weight is 266 g/mol. The summed E-state index contributed by atoms with van der Waals surface area (Å²) in [6.07, 6.45) is -0.856. The van der Waals surface area contributed by atoms with Gasteiger partial charge in [0.15, 0.2) is 0 Å². The van der Waals surface area contributed by atoms with E-state index in [0.29, 0.717) is 0 Å². The Balaban J connectivity index is 2.98. The van der Waals surface area contributed by atoms with Crippen molar-refractivity contribution in [3.63, 3.8) is 0 Å². The van der Waals surface area contributed by atoms with Crippen LogP contribution in [0.1, 0.15) is 0 Å². The first-order chi connectivity index (χ1) is 6.54. The van der Waals surface area contributed by atoms with Gasteiger partial charge in [0.25, 0.3) is 0 Å². The minimum Gasteiger partial charge on any atom is -0.453 e. The number of amides is 1. The highest BCUT2D eigenvalue weighted by Crippen LogP contribution is 2.23. The third-order valence-corrected chi connectivity index (χ3v) is 2.04. The fourth-order valence-electron chi connectivity index (χ4n) is 0.779. The molecule has 1 amide bonds. The molecule has 0 aliphatic carbocycles. The van der Waals surface area contributed by atoms with Crippen molar-refractivity contribution < 1.29 is 18.3 Å². The van der Waals surface area contributed by atoms with Gasteiger partial charge in [-0.1, -0.05) is 0 Å². The predicted molar refractivity (Wildman–Crippen MR) is 50.1 cm³/mol. The molecule has 0 aliphatic rings. The Morgan fingerprint density at radius 3 is 2.64 bits per heavy atom. The van der Waals surface area contributed by atoms with Gasteiger partial charge >= 0.3 is 6.09 Å². The number of carbonyl (C=O) groups is 1. The number of methoxy groups -OCH3 is 1. The SMILES string of the molecule is COC(=O)Nc1cc(F)c(Br)cc1F. The number of ether oxygens (including phenoxy) is 1. The second-order valence-corrected chi connectivity index (χ2v) is 3.22. The van der Waals surface area contributed by atoms with Crippen LogP contribution in [0.4, 0.5) is 19.3 Å². The first kappa shape index (κ1) is 10.9. The molecule has 0 aromatic heterocycles. The van der Waals surface area contributed by atoms with E-state index in [4.69, 9.17) is 0 Å². The van der Waals surface area contributed by atoms with E-state index in [1.165, 1.54) is 0 Å². The van der Waals surface area contributed by atoms with Crippen LogP contribution in [0.25, 0.3) is 0 Å². The average Bonchev–Trinajstić information content (AvgIpc) is 2.14. The minimum absolute atomic E-state index is 0.00887. The summed E-state index contributed by atoms with van der Waals surface area (Å²) >= 11 is 2.80. The summed E-state index contributed by atoms with van der Waals surface area (Å²) in [5, 5.41) is 2.03. The molecule has 0 fully saturated rings. The topological polar surface area (TPSA) is 38.3 Å². The second-order valence-electron chi connectivity index (χ2n) is 2.36. The molecule has 1 N–H and O–H groups in total. The molecule has 0 radical (unpaired) electrons. The maximum absolute atomic E-state index is 13.1. The van der Waals surface area contributed by atoms with Crippen molar-refractivity contribution in [2.45, 2.75) is 0 Å². The Kier molecular flexibility index (Phi) is 3.40. The van der Waals surface area contributed by atoms with Gasteiger partial charge in [0.1, 0.15) is 11.6 Å². The predicted octanol–water partition coefficient (Wildman–Crippen LogP) is 2.91. The lowest BCUT2D eigenvalue weighted by atomic mass is 10.3. The van der Waals surface area contributed by atoms with E-state index >= 15 is 0 Å². The van der Waals surface area contributed by atoms with Crippen LogP contribution in [0.2, 0.25) is 0 Å². The molecule has 6 heteroatoms. The minimum atomic E-state index is -0.856. The fraction of sp³-hybridized carbons (Fsp3) is 0.125. The molecule has 0 aliphatic heterocycles. The van der Waals surface area contributed by atoms with Crippen LogP contribution in [-0.2, 0) is 4.74 Å². The number of rotatable bonds is 1. The molecule has 0 unspecified atom stereocenters. The van der Waals surface area contributed by atoms with Crippen molar-refractivity contribution in [2.24, 2.45) is 0 Å². The number of anilines is 1. The third kappa shape index (κ3) is 2.41. The zero-order valence-electron chi connectivity index (χ0n) is 7.11. The lowest BCUT2D eigenvalue weighted by Crippen LogP contribution is -2.12. The van der Waals surface area contributed by atoms with Crippen LogP contribution in [0.15, 0.2) is 16.6 Å². The Morgan fingerprint density at radius 2 is 2.07 bits per heavy atom. The molecule has 0 spiro atoms. The van der Waals surface area contributed by atoms with Crippen molar-refractivity contribution in [1.29, 1.82) is 0 Å². The Morgan fingerprint density at radius 1 is 1.43 bits per heavy atom. The zero-order chi connectivity index (χ0) is 10.7. The quantitative estimate of drug-likeness (QED) is 0.793. The molecule has 1 aromatic rings. The van der Waals surface area contributed by atoms with E-state index in [1.807, 2.05) is 5.32 Å². The molecule has 0 saturated heterocycles. The highest BCUT2D eigenvalue weighted by atomic mass is 79.9. The molecular formula is C8H6BrF2NO2. The number of nitrogens with one attached hydrogen (secondary N) is 1.